The molecule has 4 heteroatoms. The summed E-state index contributed by atoms with van der Waals surface area (Å²) in [5.74, 6) is 0.724. The minimum Gasteiger partial charge on any atom is -0.330 e. The molecular weight excluding hydrogens is 266 g/mol. The zero-order valence-corrected chi connectivity index (χ0v) is 14.6. The third-order valence-corrected chi connectivity index (χ3v) is 4.75. The molecule has 0 radical (unpaired) electrons. The molecule has 2 N–H and O–H groups in total. The highest BCUT2D eigenvalue weighted by molar-refractivity contribution is 7.09. The van der Waals surface area contributed by atoms with E-state index >= 15 is 0 Å². The number of nitrogens with two attached hydrogens (primary N) is 1. The molecule has 1 rings (SSSR count). The van der Waals surface area contributed by atoms with Crippen LogP contribution >= 0.6 is 11.3 Å². The van der Waals surface area contributed by atoms with Crippen LogP contribution in [0.3, 0.4) is 0 Å². The Morgan fingerprint density at radius 3 is 2.55 bits per heavy atom. The smallest absolute Gasteiger partial charge is 0.0897 e. The Balaban J connectivity index is 2.31. The number of hydrogen-bond donors (Lipinski definition) is 1. The monoisotopic (exact) mass is 297 g/mol. The minimum atomic E-state index is 0.365. The lowest BCUT2D eigenvalue weighted by Crippen LogP contribution is -2.25. The third-order valence-electron chi connectivity index (χ3n) is 3.93. The Bertz CT molecular complexity index is 381. The first-order valence-electron chi connectivity index (χ1n) is 7.62. The summed E-state index contributed by atoms with van der Waals surface area (Å²) in [4.78, 5) is 6.89. The Labute approximate surface area is 128 Å². The molecule has 0 spiro atoms. The molecule has 1 unspecified atom stereocenters. The predicted molar refractivity (Wildman–Crippen MR) is 89.0 cm³/mol. The van der Waals surface area contributed by atoms with Crippen LogP contribution in [0.2, 0.25) is 0 Å². The summed E-state index contributed by atoms with van der Waals surface area (Å²) in [7, 11) is 2.18. The van der Waals surface area contributed by atoms with Crippen molar-refractivity contribution in [1.82, 2.24) is 9.88 Å². The van der Waals surface area contributed by atoms with Crippen molar-refractivity contribution >= 4 is 11.3 Å². The van der Waals surface area contributed by atoms with E-state index in [1.54, 1.807) is 11.3 Å². The highest BCUT2D eigenvalue weighted by Crippen LogP contribution is 2.32. The van der Waals surface area contributed by atoms with Crippen LogP contribution in [0.5, 0.6) is 0 Å². The van der Waals surface area contributed by atoms with Crippen LogP contribution in [-0.4, -0.2) is 30.0 Å². The van der Waals surface area contributed by atoms with Gasteiger partial charge in [0, 0.05) is 11.9 Å². The Kier molecular flexibility index (Phi) is 7.13. The van der Waals surface area contributed by atoms with Gasteiger partial charge in [-0.25, -0.2) is 4.98 Å². The van der Waals surface area contributed by atoms with Crippen molar-refractivity contribution in [3.05, 3.63) is 16.1 Å². The summed E-state index contributed by atoms with van der Waals surface area (Å²) < 4.78 is 0. The molecule has 1 atom stereocenters. The Morgan fingerprint density at radius 1 is 1.35 bits per heavy atom. The van der Waals surface area contributed by atoms with E-state index in [0.29, 0.717) is 5.41 Å². The Hall–Kier alpha value is -0.450. The van der Waals surface area contributed by atoms with E-state index < -0.39 is 0 Å². The molecule has 116 valence electrons. The molecule has 0 fully saturated rings. The van der Waals surface area contributed by atoms with Crippen LogP contribution in [0.1, 0.15) is 50.7 Å². The van der Waals surface area contributed by atoms with E-state index in [1.165, 1.54) is 18.5 Å². The molecule has 1 heterocycles. The SMILES string of the molecule is Cc1nc(CN(C)CCCC(CCN)C(C)(C)C)cs1. The van der Waals surface area contributed by atoms with Crippen LogP contribution in [0.25, 0.3) is 0 Å². The number of hydrogen-bond acceptors (Lipinski definition) is 4. The highest BCUT2D eigenvalue weighted by atomic mass is 32.1. The van der Waals surface area contributed by atoms with Crippen molar-refractivity contribution in [2.45, 2.75) is 53.5 Å². The molecular formula is C16H31N3S. The first-order valence-corrected chi connectivity index (χ1v) is 8.50. The summed E-state index contributed by atoms with van der Waals surface area (Å²) in [5, 5.41) is 3.32. The van der Waals surface area contributed by atoms with Crippen LogP contribution in [0.15, 0.2) is 5.38 Å². The van der Waals surface area contributed by atoms with E-state index in [0.717, 1.165) is 37.0 Å². The van der Waals surface area contributed by atoms with Crippen LogP contribution in [0.4, 0.5) is 0 Å². The summed E-state index contributed by atoms with van der Waals surface area (Å²) in [6.07, 6.45) is 3.64. The van der Waals surface area contributed by atoms with Crippen LogP contribution in [-0.2, 0) is 6.54 Å². The molecule has 1 aromatic heterocycles. The van der Waals surface area contributed by atoms with Gasteiger partial charge in [-0.3, -0.25) is 0 Å². The first kappa shape index (κ1) is 17.6. The highest BCUT2D eigenvalue weighted by Gasteiger charge is 2.23. The normalized spacial score (nSPS) is 13.9. The van der Waals surface area contributed by atoms with Crippen molar-refractivity contribution < 1.29 is 0 Å². The van der Waals surface area contributed by atoms with Gasteiger partial charge in [0.2, 0.25) is 0 Å². The molecule has 20 heavy (non-hydrogen) atoms. The fraction of sp³-hybridized carbons (Fsp3) is 0.812. The fourth-order valence-electron chi connectivity index (χ4n) is 2.66. The average molecular weight is 298 g/mol. The first-order chi connectivity index (χ1) is 9.32. The van der Waals surface area contributed by atoms with Gasteiger partial charge in [0.1, 0.15) is 0 Å². The van der Waals surface area contributed by atoms with E-state index in [1.807, 2.05) is 0 Å². The van der Waals surface area contributed by atoms with Crippen molar-refractivity contribution in [2.75, 3.05) is 20.1 Å². The molecule has 0 saturated heterocycles. The van der Waals surface area contributed by atoms with E-state index in [-0.39, 0.29) is 0 Å². The van der Waals surface area contributed by atoms with Gasteiger partial charge in [0.05, 0.1) is 10.7 Å². The zero-order valence-electron chi connectivity index (χ0n) is 13.8. The molecule has 1 aromatic rings. The number of aromatic nitrogens is 1. The fourth-order valence-corrected chi connectivity index (χ4v) is 3.26. The predicted octanol–water partition coefficient (Wildman–Crippen LogP) is 3.67. The lowest BCUT2D eigenvalue weighted by atomic mass is 9.76. The van der Waals surface area contributed by atoms with Crippen LogP contribution in [0, 0.1) is 18.3 Å². The number of thiazole rings is 1. The van der Waals surface area contributed by atoms with Gasteiger partial charge < -0.3 is 10.6 Å². The van der Waals surface area contributed by atoms with Crippen molar-refractivity contribution in [3.8, 4) is 0 Å². The average Bonchev–Trinajstić information content (AvgIpc) is 2.72. The van der Waals surface area contributed by atoms with Crippen molar-refractivity contribution in [1.29, 1.82) is 0 Å². The second-order valence-corrected chi connectivity index (χ2v) is 7.94. The van der Waals surface area contributed by atoms with E-state index in [4.69, 9.17) is 5.73 Å². The van der Waals surface area contributed by atoms with Crippen molar-refractivity contribution in [2.24, 2.45) is 17.1 Å². The summed E-state index contributed by atoms with van der Waals surface area (Å²) in [5.41, 5.74) is 7.31. The molecule has 0 amide bonds. The van der Waals surface area contributed by atoms with E-state index in [9.17, 15) is 0 Å². The lowest BCUT2D eigenvalue weighted by molar-refractivity contribution is 0.199. The van der Waals surface area contributed by atoms with Crippen LogP contribution < -0.4 is 5.73 Å². The van der Waals surface area contributed by atoms with Gasteiger partial charge in [0.15, 0.2) is 0 Å². The summed E-state index contributed by atoms with van der Waals surface area (Å²) >= 11 is 1.73. The zero-order chi connectivity index (χ0) is 15.2. The van der Waals surface area contributed by atoms with Gasteiger partial charge in [-0.15, -0.1) is 11.3 Å². The molecule has 0 bridgehead atoms. The molecule has 0 aliphatic rings. The maximum atomic E-state index is 5.74. The van der Waals surface area contributed by atoms with Gasteiger partial charge in [-0.05, 0) is 57.7 Å². The third kappa shape index (κ3) is 6.33. The van der Waals surface area contributed by atoms with Gasteiger partial charge in [0.25, 0.3) is 0 Å². The maximum absolute atomic E-state index is 5.74. The number of rotatable bonds is 8. The summed E-state index contributed by atoms with van der Waals surface area (Å²) in [6.45, 7) is 11.9. The number of nitrogens with zero attached hydrogens (tertiary/aromatic N) is 2. The molecule has 0 aromatic carbocycles. The minimum absolute atomic E-state index is 0.365. The summed E-state index contributed by atoms with van der Waals surface area (Å²) in [6, 6.07) is 0. The number of aryl methyl sites for hydroxylation is 1. The molecule has 3 nitrogen and oxygen atoms in total. The molecule has 0 aliphatic heterocycles. The molecule has 0 saturated carbocycles. The van der Waals surface area contributed by atoms with Gasteiger partial charge >= 0.3 is 0 Å². The van der Waals surface area contributed by atoms with E-state index in [2.05, 4.69) is 50.0 Å². The standard InChI is InChI=1S/C16H31N3S/c1-13-18-15(12-20-13)11-19(5)10-6-7-14(8-9-17)16(2,3)4/h12,14H,6-11,17H2,1-5H3. The Morgan fingerprint density at radius 2 is 2.05 bits per heavy atom. The van der Waals surface area contributed by atoms with Gasteiger partial charge in [-0.1, -0.05) is 20.8 Å². The quantitative estimate of drug-likeness (QED) is 0.796. The second-order valence-electron chi connectivity index (χ2n) is 6.88. The maximum Gasteiger partial charge on any atom is 0.0897 e. The topological polar surface area (TPSA) is 42.2 Å². The van der Waals surface area contributed by atoms with Gasteiger partial charge in [-0.2, -0.15) is 0 Å². The second kappa shape index (κ2) is 8.11. The van der Waals surface area contributed by atoms with Crippen molar-refractivity contribution in [3.63, 3.8) is 0 Å². The molecule has 0 aliphatic carbocycles. The largest absolute Gasteiger partial charge is 0.330 e. The lowest BCUT2D eigenvalue weighted by Gasteiger charge is -2.31.